The summed E-state index contributed by atoms with van der Waals surface area (Å²) in [5.41, 5.74) is 2.65. The van der Waals surface area contributed by atoms with Crippen molar-refractivity contribution in [1.29, 1.82) is 0 Å². The van der Waals surface area contributed by atoms with Gasteiger partial charge in [0, 0.05) is 12.0 Å². The monoisotopic (exact) mass is 339 g/mol. The van der Waals surface area contributed by atoms with Crippen molar-refractivity contribution in [2.45, 2.75) is 17.8 Å². The largest absolute Gasteiger partial charge is 0.303 e. The molecule has 110 valence electrons. The van der Waals surface area contributed by atoms with Gasteiger partial charge >= 0.3 is 0 Å². The SMILES string of the molecule is ClCNC[C@@]1(c2ccc(Cl)c(Cl)c2)C[C@@H]1c1ccccc1. The molecule has 1 fully saturated rings. The van der Waals surface area contributed by atoms with Gasteiger partial charge in [-0.05, 0) is 35.6 Å². The zero-order chi connectivity index (χ0) is 14.9. The maximum absolute atomic E-state index is 6.20. The molecule has 0 amide bonds. The molecular weight excluding hydrogens is 325 g/mol. The fraction of sp³-hybridized carbons (Fsp3) is 0.294. The molecule has 4 heteroatoms. The molecule has 0 aromatic heterocycles. The Labute approximate surface area is 140 Å². The molecule has 1 N–H and O–H groups in total. The van der Waals surface area contributed by atoms with Crippen LogP contribution in [0.5, 0.6) is 0 Å². The van der Waals surface area contributed by atoms with Gasteiger partial charge in [-0.15, -0.1) is 11.6 Å². The van der Waals surface area contributed by atoms with Gasteiger partial charge in [0.1, 0.15) is 0 Å². The summed E-state index contributed by atoms with van der Waals surface area (Å²) < 4.78 is 0. The van der Waals surface area contributed by atoms with Crippen LogP contribution in [-0.2, 0) is 5.41 Å². The van der Waals surface area contributed by atoms with Gasteiger partial charge in [0.25, 0.3) is 0 Å². The molecule has 2 atom stereocenters. The van der Waals surface area contributed by atoms with Crippen molar-refractivity contribution >= 4 is 34.8 Å². The van der Waals surface area contributed by atoms with Crippen molar-refractivity contribution in [2.24, 2.45) is 0 Å². The normalized spacial score (nSPS) is 24.0. The lowest BCUT2D eigenvalue weighted by molar-refractivity contribution is 0.596. The molecule has 21 heavy (non-hydrogen) atoms. The Morgan fingerprint density at radius 3 is 2.48 bits per heavy atom. The van der Waals surface area contributed by atoms with Crippen LogP contribution in [-0.4, -0.2) is 12.5 Å². The van der Waals surface area contributed by atoms with E-state index in [2.05, 4.69) is 35.6 Å². The third kappa shape index (κ3) is 2.93. The van der Waals surface area contributed by atoms with Crippen LogP contribution < -0.4 is 5.32 Å². The van der Waals surface area contributed by atoms with Crippen LogP contribution in [0.15, 0.2) is 48.5 Å². The Hall–Kier alpha value is -0.730. The molecule has 0 radical (unpaired) electrons. The topological polar surface area (TPSA) is 12.0 Å². The van der Waals surface area contributed by atoms with E-state index >= 15 is 0 Å². The lowest BCUT2D eigenvalue weighted by Gasteiger charge is -2.19. The number of hydrogen-bond donors (Lipinski definition) is 1. The van der Waals surface area contributed by atoms with Crippen molar-refractivity contribution in [3.63, 3.8) is 0 Å². The highest BCUT2D eigenvalue weighted by molar-refractivity contribution is 6.42. The fourth-order valence-electron chi connectivity index (χ4n) is 3.12. The molecule has 1 aliphatic carbocycles. The van der Waals surface area contributed by atoms with Crippen LogP contribution in [0, 0.1) is 0 Å². The second-order valence-electron chi connectivity index (χ2n) is 5.51. The first-order valence-electron chi connectivity index (χ1n) is 6.94. The van der Waals surface area contributed by atoms with E-state index in [0.29, 0.717) is 22.0 Å². The lowest BCUT2D eigenvalue weighted by atomic mass is 9.90. The van der Waals surface area contributed by atoms with E-state index in [1.54, 1.807) is 0 Å². The Bertz CT molecular complexity index is 629. The predicted molar refractivity (Wildman–Crippen MR) is 90.7 cm³/mol. The van der Waals surface area contributed by atoms with Crippen molar-refractivity contribution in [1.82, 2.24) is 5.32 Å². The molecular formula is C17H16Cl3N. The van der Waals surface area contributed by atoms with Gasteiger partial charge in [0.05, 0.1) is 16.0 Å². The predicted octanol–water partition coefficient (Wildman–Crippen LogP) is 5.20. The van der Waals surface area contributed by atoms with E-state index in [1.807, 2.05) is 18.2 Å². The maximum atomic E-state index is 6.20. The van der Waals surface area contributed by atoms with Gasteiger partial charge < -0.3 is 5.32 Å². The van der Waals surface area contributed by atoms with E-state index in [9.17, 15) is 0 Å². The molecule has 2 aromatic rings. The zero-order valence-electron chi connectivity index (χ0n) is 11.5. The van der Waals surface area contributed by atoms with Gasteiger partial charge in [-0.3, -0.25) is 0 Å². The second-order valence-corrected chi connectivity index (χ2v) is 6.59. The number of rotatable bonds is 5. The van der Waals surface area contributed by atoms with E-state index in [0.717, 1.165) is 13.0 Å². The van der Waals surface area contributed by atoms with Crippen LogP contribution in [0.2, 0.25) is 10.0 Å². The molecule has 2 aromatic carbocycles. The highest BCUT2D eigenvalue weighted by atomic mass is 35.5. The van der Waals surface area contributed by atoms with Crippen LogP contribution in [0.25, 0.3) is 0 Å². The summed E-state index contributed by atoms with van der Waals surface area (Å²) in [6.07, 6.45) is 1.10. The maximum Gasteiger partial charge on any atom is 0.0713 e. The molecule has 1 saturated carbocycles. The van der Waals surface area contributed by atoms with Crippen LogP contribution in [0.4, 0.5) is 0 Å². The smallest absolute Gasteiger partial charge is 0.0713 e. The standard InChI is InChI=1S/C17H16Cl3N/c18-11-21-10-17(13-6-7-15(19)16(20)8-13)9-14(17)12-4-2-1-3-5-12/h1-8,14,21H,9-11H2/t14-,17-/m1/s1. The van der Waals surface area contributed by atoms with Crippen molar-refractivity contribution in [3.05, 3.63) is 69.7 Å². The minimum atomic E-state index is 0.0600. The van der Waals surface area contributed by atoms with Crippen LogP contribution in [0.1, 0.15) is 23.5 Å². The fourth-order valence-corrected chi connectivity index (χ4v) is 3.51. The lowest BCUT2D eigenvalue weighted by Crippen LogP contribution is -2.27. The Morgan fingerprint density at radius 2 is 1.81 bits per heavy atom. The average Bonchev–Trinajstić information content (AvgIpc) is 3.25. The number of hydrogen-bond acceptors (Lipinski definition) is 1. The summed E-state index contributed by atoms with van der Waals surface area (Å²) in [6, 6.07) is 17.0. The molecule has 0 heterocycles. The van der Waals surface area contributed by atoms with Gasteiger partial charge in [-0.1, -0.05) is 59.6 Å². The van der Waals surface area contributed by atoms with E-state index in [4.69, 9.17) is 34.8 Å². The molecule has 1 nitrogen and oxygen atoms in total. The minimum absolute atomic E-state index is 0.0600. The summed E-state index contributed by atoms with van der Waals surface area (Å²) in [6.45, 7) is 0.841. The third-order valence-corrected chi connectivity index (χ3v) is 5.23. The van der Waals surface area contributed by atoms with Crippen molar-refractivity contribution in [2.75, 3.05) is 12.5 Å². The van der Waals surface area contributed by atoms with Crippen molar-refractivity contribution in [3.8, 4) is 0 Å². The third-order valence-electron chi connectivity index (χ3n) is 4.31. The summed E-state index contributed by atoms with van der Waals surface area (Å²) in [7, 11) is 0. The molecule has 1 aliphatic rings. The van der Waals surface area contributed by atoms with Gasteiger partial charge in [-0.25, -0.2) is 0 Å². The Morgan fingerprint density at radius 1 is 1.05 bits per heavy atom. The summed E-state index contributed by atoms with van der Waals surface area (Å²) >= 11 is 18.1. The Balaban J connectivity index is 1.94. The molecule has 0 saturated heterocycles. The van der Waals surface area contributed by atoms with Gasteiger partial charge in [-0.2, -0.15) is 0 Å². The van der Waals surface area contributed by atoms with Crippen LogP contribution >= 0.6 is 34.8 Å². The van der Waals surface area contributed by atoms with E-state index in [-0.39, 0.29) is 5.41 Å². The second kappa shape index (κ2) is 6.18. The quantitative estimate of drug-likeness (QED) is 0.582. The van der Waals surface area contributed by atoms with E-state index in [1.165, 1.54) is 11.1 Å². The highest BCUT2D eigenvalue weighted by Crippen LogP contribution is 2.60. The minimum Gasteiger partial charge on any atom is -0.303 e. The number of benzene rings is 2. The van der Waals surface area contributed by atoms with Gasteiger partial charge in [0.15, 0.2) is 0 Å². The molecule has 0 spiro atoms. The molecule has 0 aliphatic heterocycles. The zero-order valence-corrected chi connectivity index (χ0v) is 13.7. The summed E-state index contributed by atoms with van der Waals surface area (Å²) in [5.74, 6) is 0.492. The Kier molecular flexibility index (Phi) is 4.46. The number of nitrogens with one attached hydrogen (secondary N) is 1. The highest BCUT2D eigenvalue weighted by Gasteiger charge is 2.55. The molecule has 0 bridgehead atoms. The number of alkyl halides is 1. The van der Waals surface area contributed by atoms with Gasteiger partial charge in [0.2, 0.25) is 0 Å². The van der Waals surface area contributed by atoms with Crippen molar-refractivity contribution < 1.29 is 0 Å². The molecule has 0 unspecified atom stereocenters. The van der Waals surface area contributed by atoms with E-state index < -0.39 is 0 Å². The average molecular weight is 341 g/mol. The first-order valence-corrected chi connectivity index (χ1v) is 8.23. The molecule has 3 rings (SSSR count). The summed E-state index contributed by atoms with van der Waals surface area (Å²) in [5, 5.41) is 4.48. The summed E-state index contributed by atoms with van der Waals surface area (Å²) in [4.78, 5) is 0. The first-order chi connectivity index (χ1) is 10.2. The van der Waals surface area contributed by atoms with Crippen LogP contribution in [0.3, 0.4) is 0 Å². The number of halogens is 3. The first kappa shape index (κ1) is 15.2.